The lowest BCUT2D eigenvalue weighted by molar-refractivity contribution is 0.309. The maximum atomic E-state index is 5.60. The number of ether oxygens (including phenoxy) is 1. The lowest BCUT2D eigenvalue weighted by atomic mass is 10.2. The summed E-state index contributed by atoms with van der Waals surface area (Å²) in [6.07, 6.45) is 2.88. The zero-order valence-electron chi connectivity index (χ0n) is 9.33. The van der Waals surface area contributed by atoms with Crippen LogP contribution in [0.2, 0.25) is 0 Å². The quantitative estimate of drug-likeness (QED) is 0.545. The lowest BCUT2D eigenvalue weighted by Crippen LogP contribution is -2.17. The van der Waals surface area contributed by atoms with Crippen molar-refractivity contribution in [2.75, 3.05) is 19.7 Å². The van der Waals surface area contributed by atoms with E-state index in [1.54, 1.807) is 0 Å². The third kappa shape index (κ3) is 5.23. The molecule has 2 nitrogen and oxygen atoms in total. The second kappa shape index (κ2) is 7.07. The minimum Gasteiger partial charge on any atom is -0.494 e. The van der Waals surface area contributed by atoms with Crippen LogP contribution in [0.4, 0.5) is 0 Å². The van der Waals surface area contributed by atoms with Gasteiger partial charge in [-0.1, -0.05) is 18.2 Å². The first kappa shape index (κ1) is 11.8. The summed E-state index contributed by atoms with van der Waals surface area (Å²) in [4.78, 5) is 0. The minimum atomic E-state index is 0.758. The van der Waals surface area contributed by atoms with Crippen molar-refractivity contribution in [3.05, 3.63) is 42.5 Å². The normalized spacial score (nSPS) is 9.93. The van der Waals surface area contributed by atoms with Crippen molar-refractivity contribution in [1.29, 1.82) is 0 Å². The predicted molar refractivity (Wildman–Crippen MR) is 64.4 cm³/mol. The van der Waals surface area contributed by atoms with Crippen LogP contribution in [-0.2, 0) is 0 Å². The van der Waals surface area contributed by atoms with Gasteiger partial charge in [0.25, 0.3) is 0 Å². The fourth-order valence-electron chi connectivity index (χ4n) is 1.30. The number of hydrogen-bond donors (Lipinski definition) is 1. The largest absolute Gasteiger partial charge is 0.494 e. The number of hydrogen-bond acceptors (Lipinski definition) is 2. The van der Waals surface area contributed by atoms with Crippen LogP contribution >= 0.6 is 0 Å². The average Bonchev–Trinajstić information content (AvgIpc) is 2.23. The number of rotatable bonds is 7. The predicted octanol–water partition coefficient (Wildman–Crippen LogP) is 2.54. The highest BCUT2D eigenvalue weighted by Crippen LogP contribution is 2.12. The smallest absolute Gasteiger partial charge is 0.119 e. The van der Waals surface area contributed by atoms with Gasteiger partial charge in [0.2, 0.25) is 0 Å². The highest BCUT2D eigenvalue weighted by atomic mass is 16.5. The van der Waals surface area contributed by atoms with Crippen molar-refractivity contribution >= 4 is 0 Å². The third-order valence-corrected chi connectivity index (χ3v) is 2.04. The van der Waals surface area contributed by atoms with E-state index < -0.39 is 0 Å². The lowest BCUT2D eigenvalue weighted by Gasteiger charge is -2.06. The maximum Gasteiger partial charge on any atom is 0.119 e. The summed E-state index contributed by atoms with van der Waals surface area (Å²) >= 11 is 0. The van der Waals surface area contributed by atoms with Crippen LogP contribution in [0.1, 0.15) is 12.0 Å². The van der Waals surface area contributed by atoms with Gasteiger partial charge in [-0.25, -0.2) is 0 Å². The van der Waals surface area contributed by atoms with Crippen molar-refractivity contribution < 1.29 is 4.74 Å². The second-order valence-corrected chi connectivity index (χ2v) is 3.51. The van der Waals surface area contributed by atoms with Gasteiger partial charge in [0, 0.05) is 6.54 Å². The fourth-order valence-corrected chi connectivity index (χ4v) is 1.30. The second-order valence-electron chi connectivity index (χ2n) is 3.51. The molecule has 0 unspecified atom stereocenters. The Kier molecular flexibility index (Phi) is 5.56. The van der Waals surface area contributed by atoms with Gasteiger partial charge in [0.05, 0.1) is 6.61 Å². The minimum absolute atomic E-state index is 0.758. The van der Waals surface area contributed by atoms with Crippen molar-refractivity contribution in [2.45, 2.75) is 13.3 Å². The van der Waals surface area contributed by atoms with Crippen LogP contribution in [0.3, 0.4) is 0 Å². The van der Waals surface area contributed by atoms with E-state index in [4.69, 9.17) is 4.74 Å². The molecule has 0 atom stereocenters. The van der Waals surface area contributed by atoms with Crippen LogP contribution in [0, 0.1) is 6.92 Å². The Labute approximate surface area is 92.0 Å². The first-order valence-electron chi connectivity index (χ1n) is 5.34. The van der Waals surface area contributed by atoms with Gasteiger partial charge in [-0.3, -0.25) is 0 Å². The third-order valence-electron chi connectivity index (χ3n) is 2.04. The molecule has 0 aliphatic carbocycles. The molecule has 1 N–H and O–H groups in total. The molecule has 2 heteroatoms. The molecule has 0 aliphatic rings. The van der Waals surface area contributed by atoms with Crippen molar-refractivity contribution in [1.82, 2.24) is 5.32 Å². The van der Waals surface area contributed by atoms with Gasteiger partial charge in [-0.05, 0) is 37.6 Å². The topological polar surface area (TPSA) is 21.3 Å². The highest BCUT2D eigenvalue weighted by Gasteiger charge is 1.93. The fraction of sp³-hybridized carbons (Fsp3) is 0.385. The van der Waals surface area contributed by atoms with Crippen LogP contribution in [-0.4, -0.2) is 19.7 Å². The molecule has 1 rings (SSSR count). The zero-order valence-corrected chi connectivity index (χ0v) is 9.33. The van der Waals surface area contributed by atoms with Gasteiger partial charge >= 0.3 is 0 Å². The Morgan fingerprint density at radius 1 is 1.47 bits per heavy atom. The van der Waals surface area contributed by atoms with E-state index in [2.05, 4.69) is 31.0 Å². The molecule has 0 saturated heterocycles. The summed E-state index contributed by atoms with van der Waals surface area (Å²) in [7, 11) is 0. The monoisotopic (exact) mass is 205 g/mol. The van der Waals surface area contributed by atoms with E-state index >= 15 is 0 Å². The molecule has 0 aliphatic heterocycles. The molecule has 82 valence electrons. The molecular formula is C13H19NO. The molecule has 0 radical (unpaired) electrons. The Morgan fingerprint density at radius 2 is 2.33 bits per heavy atom. The summed E-state index contributed by atoms with van der Waals surface area (Å²) < 4.78 is 5.60. The van der Waals surface area contributed by atoms with Crippen LogP contribution in [0.5, 0.6) is 5.75 Å². The Balaban J connectivity index is 2.12. The Morgan fingerprint density at radius 3 is 3.07 bits per heavy atom. The summed E-state index contributed by atoms with van der Waals surface area (Å²) in [6, 6.07) is 8.13. The summed E-state index contributed by atoms with van der Waals surface area (Å²) in [5.74, 6) is 0.957. The molecule has 15 heavy (non-hydrogen) atoms. The van der Waals surface area contributed by atoms with Crippen LogP contribution in [0.15, 0.2) is 36.9 Å². The first-order chi connectivity index (χ1) is 7.33. The van der Waals surface area contributed by atoms with E-state index in [1.807, 2.05) is 18.2 Å². The zero-order chi connectivity index (χ0) is 10.9. The van der Waals surface area contributed by atoms with Crippen molar-refractivity contribution in [2.24, 2.45) is 0 Å². The first-order valence-corrected chi connectivity index (χ1v) is 5.34. The average molecular weight is 205 g/mol. The summed E-state index contributed by atoms with van der Waals surface area (Å²) in [6.45, 7) is 8.30. The van der Waals surface area contributed by atoms with Crippen LogP contribution < -0.4 is 10.1 Å². The summed E-state index contributed by atoms with van der Waals surface area (Å²) in [5, 5.41) is 3.23. The SMILES string of the molecule is C=CCNCCCOc1cccc(C)c1. The van der Waals surface area contributed by atoms with E-state index in [0.29, 0.717) is 0 Å². The molecule has 0 aromatic heterocycles. The van der Waals surface area contributed by atoms with E-state index in [-0.39, 0.29) is 0 Å². The van der Waals surface area contributed by atoms with Gasteiger partial charge in [0.15, 0.2) is 0 Å². The number of benzene rings is 1. The number of nitrogens with one attached hydrogen (secondary N) is 1. The van der Waals surface area contributed by atoms with Crippen LogP contribution in [0.25, 0.3) is 0 Å². The van der Waals surface area contributed by atoms with E-state index in [9.17, 15) is 0 Å². The highest BCUT2D eigenvalue weighted by molar-refractivity contribution is 5.27. The molecular weight excluding hydrogens is 186 g/mol. The van der Waals surface area contributed by atoms with Gasteiger partial charge in [0.1, 0.15) is 5.75 Å². The molecule has 1 aromatic carbocycles. The van der Waals surface area contributed by atoms with E-state index in [0.717, 1.165) is 31.9 Å². The van der Waals surface area contributed by atoms with E-state index in [1.165, 1.54) is 5.56 Å². The molecule has 0 saturated carbocycles. The summed E-state index contributed by atoms with van der Waals surface area (Å²) in [5.41, 5.74) is 1.23. The number of aryl methyl sites for hydroxylation is 1. The molecule has 0 amide bonds. The maximum absolute atomic E-state index is 5.60. The van der Waals surface area contributed by atoms with Crippen molar-refractivity contribution in [3.63, 3.8) is 0 Å². The van der Waals surface area contributed by atoms with Crippen molar-refractivity contribution in [3.8, 4) is 5.75 Å². The Bertz CT molecular complexity index is 296. The molecule has 0 heterocycles. The molecule has 0 fully saturated rings. The molecule has 1 aromatic rings. The van der Waals surface area contributed by atoms with Gasteiger partial charge in [-0.15, -0.1) is 6.58 Å². The molecule has 0 bridgehead atoms. The Hall–Kier alpha value is -1.28. The van der Waals surface area contributed by atoms with Gasteiger partial charge < -0.3 is 10.1 Å². The molecule has 0 spiro atoms. The van der Waals surface area contributed by atoms with Gasteiger partial charge in [-0.2, -0.15) is 0 Å². The standard InChI is InChI=1S/C13H19NO/c1-3-8-14-9-5-10-15-13-7-4-6-12(2)11-13/h3-4,6-7,11,14H,1,5,8-10H2,2H3.